The lowest BCUT2D eigenvalue weighted by molar-refractivity contribution is 0.343. The van der Waals surface area contributed by atoms with Crippen molar-refractivity contribution in [3.05, 3.63) is 72.3 Å². The summed E-state index contributed by atoms with van der Waals surface area (Å²) in [6.45, 7) is 2.41. The van der Waals surface area contributed by atoms with E-state index in [0.717, 1.165) is 36.4 Å². The van der Waals surface area contributed by atoms with Crippen molar-refractivity contribution in [2.24, 2.45) is 0 Å². The van der Waals surface area contributed by atoms with Crippen LogP contribution >= 0.6 is 0 Å². The summed E-state index contributed by atoms with van der Waals surface area (Å²) in [5, 5.41) is 0. The average Bonchev–Trinajstić information content (AvgIpc) is 2.80. The molecule has 1 aliphatic heterocycles. The van der Waals surface area contributed by atoms with Gasteiger partial charge in [0.05, 0.1) is 5.69 Å². The van der Waals surface area contributed by atoms with Gasteiger partial charge in [0.15, 0.2) is 5.82 Å². The molecule has 3 aromatic rings. The van der Waals surface area contributed by atoms with Crippen molar-refractivity contribution in [1.29, 1.82) is 0 Å². The number of aromatic nitrogens is 2. The van der Waals surface area contributed by atoms with Crippen LogP contribution < -0.4 is 4.90 Å². The Morgan fingerprint density at radius 1 is 0.920 bits per heavy atom. The molecule has 0 unspecified atom stereocenters. The van der Waals surface area contributed by atoms with E-state index in [1.807, 2.05) is 24.3 Å². The largest absolute Gasteiger partial charge is 0.338 e. The Balaban J connectivity index is 1.81. The maximum Gasteiger partial charge on any atom is 0.159 e. The molecule has 1 aromatic heterocycles. The molecule has 0 saturated heterocycles. The lowest BCUT2D eigenvalue weighted by atomic mass is 10.1. The van der Waals surface area contributed by atoms with Gasteiger partial charge in [0.2, 0.25) is 0 Å². The molecule has 0 radical (unpaired) electrons. The lowest BCUT2D eigenvalue weighted by Gasteiger charge is -2.25. The summed E-state index contributed by atoms with van der Waals surface area (Å²) in [6.07, 6.45) is 3.48. The molecule has 0 bridgehead atoms. The molecule has 2 heterocycles. The number of anilines is 2. The second-order valence-corrected chi connectivity index (χ2v) is 6.26. The third-order valence-electron chi connectivity index (χ3n) is 4.48. The Morgan fingerprint density at radius 2 is 1.72 bits per heavy atom. The molecule has 0 fully saturated rings. The van der Waals surface area contributed by atoms with Crippen LogP contribution in [0.15, 0.2) is 60.9 Å². The van der Waals surface area contributed by atoms with Crippen molar-refractivity contribution in [3.63, 3.8) is 0 Å². The van der Waals surface area contributed by atoms with Gasteiger partial charge in [0, 0.05) is 43.3 Å². The summed E-state index contributed by atoms with van der Waals surface area (Å²) in [6, 6.07) is 14.9. The monoisotopic (exact) mass is 334 g/mol. The maximum atomic E-state index is 14.4. The van der Waals surface area contributed by atoms with Gasteiger partial charge in [-0.15, -0.1) is 0 Å². The topological polar surface area (TPSA) is 32.3 Å². The lowest BCUT2D eigenvalue weighted by Crippen LogP contribution is -2.26. The highest BCUT2D eigenvalue weighted by Crippen LogP contribution is 2.34. The molecule has 5 heteroatoms. The van der Waals surface area contributed by atoms with Gasteiger partial charge in [-0.2, -0.15) is 0 Å². The Bertz CT molecular complexity index is 882. The summed E-state index contributed by atoms with van der Waals surface area (Å²) >= 11 is 0. The van der Waals surface area contributed by atoms with E-state index in [1.54, 1.807) is 24.5 Å². The number of fused-ring (bicyclic) bond motifs is 1. The predicted molar refractivity (Wildman–Crippen MR) is 97.2 cm³/mol. The number of rotatable bonds is 2. The Kier molecular flexibility index (Phi) is 4.15. The standard InChI is InChI=1S/C20H19FN4/c1-24-11-12-25(19-6-3-2-5-17(19)21)18-8-7-15(13-16(18)14-24)20-22-9-4-10-23-20/h2-10,13H,11-12,14H2,1H3. The number of nitrogens with zero attached hydrogens (tertiary/aromatic N) is 4. The fourth-order valence-corrected chi connectivity index (χ4v) is 3.24. The second kappa shape index (κ2) is 6.61. The van der Waals surface area contributed by atoms with Crippen LogP contribution in [0.25, 0.3) is 11.4 Å². The SMILES string of the molecule is CN1CCN(c2ccccc2F)c2ccc(-c3ncccn3)cc2C1. The quantitative estimate of drug-likeness (QED) is 0.712. The molecule has 4 rings (SSSR count). The molecular weight excluding hydrogens is 315 g/mol. The molecule has 0 N–H and O–H groups in total. The molecule has 126 valence electrons. The molecule has 25 heavy (non-hydrogen) atoms. The van der Waals surface area contributed by atoms with Crippen LogP contribution in [0.3, 0.4) is 0 Å². The van der Waals surface area contributed by atoms with Crippen molar-refractivity contribution >= 4 is 11.4 Å². The van der Waals surface area contributed by atoms with Gasteiger partial charge in [-0.3, -0.25) is 0 Å². The molecular formula is C20H19FN4. The third kappa shape index (κ3) is 3.10. The molecule has 2 aromatic carbocycles. The zero-order chi connectivity index (χ0) is 17.2. The fraction of sp³-hybridized carbons (Fsp3) is 0.200. The van der Waals surface area contributed by atoms with Crippen LogP contribution in [0.2, 0.25) is 0 Å². The van der Waals surface area contributed by atoms with E-state index >= 15 is 0 Å². The van der Waals surface area contributed by atoms with E-state index in [-0.39, 0.29) is 5.82 Å². The van der Waals surface area contributed by atoms with Crippen LogP contribution in [0, 0.1) is 5.82 Å². The molecule has 0 aliphatic carbocycles. The first kappa shape index (κ1) is 15.7. The summed E-state index contributed by atoms with van der Waals surface area (Å²) in [5.74, 6) is 0.503. The van der Waals surface area contributed by atoms with E-state index in [2.05, 4.69) is 32.9 Å². The highest BCUT2D eigenvalue weighted by atomic mass is 19.1. The van der Waals surface area contributed by atoms with Gasteiger partial charge >= 0.3 is 0 Å². The number of likely N-dealkylation sites (N-methyl/N-ethyl adjacent to an activating group) is 1. The van der Waals surface area contributed by atoms with E-state index in [0.29, 0.717) is 11.5 Å². The normalized spacial score (nSPS) is 14.9. The minimum absolute atomic E-state index is 0.200. The maximum absolute atomic E-state index is 14.4. The molecule has 0 spiro atoms. The fourth-order valence-electron chi connectivity index (χ4n) is 3.24. The van der Waals surface area contributed by atoms with Gasteiger partial charge in [-0.1, -0.05) is 12.1 Å². The Hall–Kier alpha value is -2.79. The Labute approximate surface area is 146 Å². The minimum Gasteiger partial charge on any atom is -0.338 e. The van der Waals surface area contributed by atoms with Gasteiger partial charge < -0.3 is 9.80 Å². The van der Waals surface area contributed by atoms with Crippen LogP contribution in [0.5, 0.6) is 0 Å². The van der Waals surface area contributed by atoms with Crippen molar-refractivity contribution in [3.8, 4) is 11.4 Å². The highest BCUT2D eigenvalue weighted by molar-refractivity contribution is 5.71. The molecule has 0 amide bonds. The van der Waals surface area contributed by atoms with Crippen molar-refractivity contribution < 1.29 is 4.39 Å². The van der Waals surface area contributed by atoms with Crippen LogP contribution in [-0.2, 0) is 6.54 Å². The number of halogens is 1. The predicted octanol–water partition coefficient (Wildman–Crippen LogP) is 3.87. The zero-order valence-electron chi connectivity index (χ0n) is 14.1. The Morgan fingerprint density at radius 3 is 2.52 bits per heavy atom. The van der Waals surface area contributed by atoms with E-state index in [9.17, 15) is 4.39 Å². The summed E-state index contributed by atoms with van der Waals surface area (Å²) in [7, 11) is 2.08. The molecule has 0 atom stereocenters. The summed E-state index contributed by atoms with van der Waals surface area (Å²) in [5.41, 5.74) is 3.77. The van der Waals surface area contributed by atoms with Crippen molar-refractivity contribution in [1.82, 2.24) is 14.9 Å². The molecule has 1 aliphatic rings. The smallest absolute Gasteiger partial charge is 0.159 e. The first-order valence-corrected chi connectivity index (χ1v) is 8.33. The van der Waals surface area contributed by atoms with Gasteiger partial charge in [0.1, 0.15) is 5.82 Å². The zero-order valence-corrected chi connectivity index (χ0v) is 14.1. The van der Waals surface area contributed by atoms with Gasteiger partial charge in [-0.05, 0) is 49.0 Å². The third-order valence-corrected chi connectivity index (χ3v) is 4.48. The number of benzene rings is 2. The van der Waals surface area contributed by atoms with Crippen LogP contribution in [0.1, 0.15) is 5.56 Å². The molecule has 4 nitrogen and oxygen atoms in total. The highest BCUT2D eigenvalue weighted by Gasteiger charge is 2.21. The number of hydrogen-bond acceptors (Lipinski definition) is 4. The first-order valence-electron chi connectivity index (χ1n) is 8.33. The molecule has 0 saturated carbocycles. The van der Waals surface area contributed by atoms with Gasteiger partial charge in [-0.25, -0.2) is 14.4 Å². The van der Waals surface area contributed by atoms with E-state index in [1.165, 1.54) is 6.07 Å². The summed E-state index contributed by atoms with van der Waals surface area (Å²) in [4.78, 5) is 13.0. The first-order chi connectivity index (χ1) is 12.2. The van der Waals surface area contributed by atoms with Crippen LogP contribution in [0.4, 0.5) is 15.8 Å². The van der Waals surface area contributed by atoms with E-state index in [4.69, 9.17) is 0 Å². The number of hydrogen-bond donors (Lipinski definition) is 0. The average molecular weight is 334 g/mol. The van der Waals surface area contributed by atoms with Crippen LogP contribution in [-0.4, -0.2) is 35.0 Å². The van der Waals surface area contributed by atoms with Crippen molar-refractivity contribution in [2.45, 2.75) is 6.54 Å². The van der Waals surface area contributed by atoms with Crippen molar-refractivity contribution in [2.75, 3.05) is 25.0 Å². The second-order valence-electron chi connectivity index (χ2n) is 6.26. The minimum atomic E-state index is -0.200. The van der Waals surface area contributed by atoms with Gasteiger partial charge in [0.25, 0.3) is 0 Å². The number of para-hydroxylation sites is 1. The summed E-state index contributed by atoms with van der Waals surface area (Å²) < 4.78 is 14.4. The van der Waals surface area contributed by atoms with E-state index < -0.39 is 0 Å².